The number of rotatable bonds is 5. The summed E-state index contributed by atoms with van der Waals surface area (Å²) in [6.07, 6.45) is 6.07. The number of carbonyl (C=O) groups is 1. The summed E-state index contributed by atoms with van der Waals surface area (Å²) in [6.45, 7) is 1.08. The molecule has 94 valence electrons. The Morgan fingerprint density at radius 2 is 2.39 bits per heavy atom. The summed E-state index contributed by atoms with van der Waals surface area (Å²) < 4.78 is 14.7. The van der Waals surface area contributed by atoms with Crippen LogP contribution in [0.1, 0.15) is 10.4 Å². The van der Waals surface area contributed by atoms with Gasteiger partial charge in [0.05, 0.1) is 12.5 Å². The van der Waals surface area contributed by atoms with Gasteiger partial charge in [0.15, 0.2) is 0 Å². The van der Waals surface area contributed by atoms with Gasteiger partial charge in [-0.2, -0.15) is 0 Å². The lowest BCUT2D eigenvalue weighted by Crippen LogP contribution is -2.13. The molecular weight excluding hydrogens is 239 g/mol. The van der Waals surface area contributed by atoms with Gasteiger partial charge in [0, 0.05) is 25.5 Å². The second-order valence-electron chi connectivity index (χ2n) is 3.58. The predicted molar refractivity (Wildman–Crippen MR) is 61.9 cm³/mol. The predicted octanol–water partition coefficient (Wildman–Crippen LogP) is 1.23. The number of nitrogens with one attached hydrogen (secondary N) is 1. The molecule has 0 spiro atoms. The number of nitrogens with zero attached hydrogens (tertiary/aromatic N) is 3. The van der Waals surface area contributed by atoms with E-state index in [0.29, 0.717) is 13.1 Å². The molecule has 0 fully saturated rings. The number of anilines is 1. The van der Waals surface area contributed by atoms with Crippen molar-refractivity contribution in [2.45, 2.75) is 6.54 Å². The number of hydrogen-bond acceptors (Lipinski definition) is 4. The van der Waals surface area contributed by atoms with Gasteiger partial charge < -0.3 is 15.0 Å². The lowest BCUT2D eigenvalue weighted by Gasteiger charge is -2.08. The number of aromatic carboxylic acids is 1. The Labute approximate surface area is 102 Å². The summed E-state index contributed by atoms with van der Waals surface area (Å²) in [6, 6.07) is 0.939. The van der Waals surface area contributed by atoms with Crippen LogP contribution in [0.4, 0.5) is 10.2 Å². The number of carboxylic acids is 1. The third-order valence-electron chi connectivity index (χ3n) is 2.31. The highest BCUT2D eigenvalue weighted by Gasteiger charge is 2.12. The van der Waals surface area contributed by atoms with E-state index in [2.05, 4.69) is 15.3 Å². The summed E-state index contributed by atoms with van der Waals surface area (Å²) in [5, 5.41) is 11.8. The number of imidazole rings is 1. The average molecular weight is 250 g/mol. The first-order valence-corrected chi connectivity index (χ1v) is 5.25. The van der Waals surface area contributed by atoms with Gasteiger partial charge >= 0.3 is 5.97 Å². The van der Waals surface area contributed by atoms with Gasteiger partial charge in [0.1, 0.15) is 17.2 Å². The number of carboxylic acid groups (broad SMARTS) is 1. The van der Waals surface area contributed by atoms with Crippen LogP contribution in [0.25, 0.3) is 0 Å². The molecule has 18 heavy (non-hydrogen) atoms. The molecule has 2 N–H and O–H groups in total. The summed E-state index contributed by atoms with van der Waals surface area (Å²) in [7, 11) is 0. The van der Waals surface area contributed by atoms with Crippen LogP contribution >= 0.6 is 0 Å². The van der Waals surface area contributed by atoms with Gasteiger partial charge in [-0.05, 0) is 6.07 Å². The van der Waals surface area contributed by atoms with Crippen molar-refractivity contribution < 1.29 is 14.3 Å². The van der Waals surface area contributed by atoms with Crippen molar-refractivity contribution in [3.8, 4) is 0 Å². The van der Waals surface area contributed by atoms with E-state index >= 15 is 0 Å². The minimum Gasteiger partial charge on any atom is -0.478 e. The Bertz CT molecular complexity index is 542. The smallest absolute Gasteiger partial charge is 0.339 e. The van der Waals surface area contributed by atoms with E-state index in [0.717, 1.165) is 12.3 Å². The van der Waals surface area contributed by atoms with E-state index in [1.165, 1.54) is 0 Å². The average Bonchev–Trinajstić information content (AvgIpc) is 2.84. The zero-order chi connectivity index (χ0) is 13.0. The normalized spacial score (nSPS) is 10.3. The highest BCUT2D eigenvalue weighted by molar-refractivity contribution is 5.93. The Balaban J connectivity index is 2.02. The topological polar surface area (TPSA) is 80.0 Å². The van der Waals surface area contributed by atoms with Crippen molar-refractivity contribution in [1.82, 2.24) is 14.5 Å². The van der Waals surface area contributed by atoms with Crippen LogP contribution in [0.15, 0.2) is 31.0 Å². The van der Waals surface area contributed by atoms with Crippen LogP contribution in [-0.2, 0) is 6.54 Å². The van der Waals surface area contributed by atoms with E-state index in [1.807, 2.05) is 4.57 Å². The maximum Gasteiger partial charge on any atom is 0.339 e. The van der Waals surface area contributed by atoms with Gasteiger partial charge in [-0.25, -0.2) is 19.2 Å². The molecule has 2 aromatic heterocycles. The summed E-state index contributed by atoms with van der Waals surface area (Å²) in [4.78, 5) is 18.5. The molecule has 0 aliphatic rings. The SMILES string of the molecule is O=C(O)c1cc(F)cnc1NCCn1ccnc1. The van der Waals surface area contributed by atoms with Crippen molar-refractivity contribution in [3.63, 3.8) is 0 Å². The molecule has 0 saturated carbocycles. The summed E-state index contributed by atoms with van der Waals surface area (Å²) in [5.74, 6) is -1.73. The highest BCUT2D eigenvalue weighted by atomic mass is 19.1. The molecule has 0 unspecified atom stereocenters. The molecule has 0 aliphatic carbocycles. The van der Waals surface area contributed by atoms with Gasteiger partial charge in [-0.3, -0.25) is 0 Å². The summed E-state index contributed by atoms with van der Waals surface area (Å²) in [5.41, 5.74) is -0.180. The van der Waals surface area contributed by atoms with Crippen molar-refractivity contribution in [1.29, 1.82) is 0 Å². The molecule has 2 aromatic rings. The molecule has 0 aliphatic heterocycles. The van der Waals surface area contributed by atoms with E-state index in [4.69, 9.17) is 5.11 Å². The molecule has 6 nitrogen and oxygen atoms in total. The number of halogens is 1. The quantitative estimate of drug-likeness (QED) is 0.834. The fourth-order valence-corrected chi connectivity index (χ4v) is 1.47. The largest absolute Gasteiger partial charge is 0.478 e. The standard InChI is InChI=1S/C11H11FN4O2/c12-8-5-9(11(17)18)10(15-6-8)14-2-4-16-3-1-13-7-16/h1,3,5-7H,2,4H2,(H,14,15)(H,17,18). The first-order valence-electron chi connectivity index (χ1n) is 5.25. The molecule has 0 bridgehead atoms. The van der Waals surface area contributed by atoms with E-state index in [1.54, 1.807) is 18.7 Å². The number of aromatic nitrogens is 3. The zero-order valence-electron chi connectivity index (χ0n) is 9.38. The van der Waals surface area contributed by atoms with E-state index in [-0.39, 0.29) is 11.4 Å². The molecular formula is C11H11FN4O2. The molecule has 0 saturated heterocycles. The second-order valence-corrected chi connectivity index (χ2v) is 3.58. The fourth-order valence-electron chi connectivity index (χ4n) is 1.47. The van der Waals surface area contributed by atoms with Gasteiger partial charge in [0.2, 0.25) is 0 Å². The minimum absolute atomic E-state index is 0.156. The van der Waals surface area contributed by atoms with Crippen molar-refractivity contribution in [2.75, 3.05) is 11.9 Å². The lowest BCUT2D eigenvalue weighted by molar-refractivity contribution is 0.0697. The van der Waals surface area contributed by atoms with Crippen LogP contribution in [0.3, 0.4) is 0 Å². The molecule has 0 aromatic carbocycles. The van der Waals surface area contributed by atoms with Crippen LogP contribution < -0.4 is 5.32 Å². The third-order valence-corrected chi connectivity index (χ3v) is 2.31. The maximum absolute atomic E-state index is 12.9. The van der Waals surface area contributed by atoms with Crippen LogP contribution in [0.2, 0.25) is 0 Å². The van der Waals surface area contributed by atoms with Crippen molar-refractivity contribution >= 4 is 11.8 Å². The van der Waals surface area contributed by atoms with Crippen molar-refractivity contribution in [3.05, 3.63) is 42.4 Å². The Kier molecular flexibility index (Phi) is 3.52. The van der Waals surface area contributed by atoms with Gasteiger partial charge in [-0.1, -0.05) is 0 Å². The molecule has 2 rings (SSSR count). The molecule has 0 amide bonds. The van der Waals surface area contributed by atoms with Crippen LogP contribution in [0, 0.1) is 5.82 Å². The fraction of sp³-hybridized carbons (Fsp3) is 0.182. The van der Waals surface area contributed by atoms with E-state index in [9.17, 15) is 9.18 Å². The van der Waals surface area contributed by atoms with Crippen LogP contribution in [-0.4, -0.2) is 32.2 Å². The Morgan fingerprint density at radius 1 is 1.56 bits per heavy atom. The Hall–Kier alpha value is -2.44. The zero-order valence-corrected chi connectivity index (χ0v) is 9.38. The van der Waals surface area contributed by atoms with Gasteiger partial charge in [0.25, 0.3) is 0 Å². The number of hydrogen-bond donors (Lipinski definition) is 2. The lowest BCUT2D eigenvalue weighted by atomic mass is 10.2. The monoisotopic (exact) mass is 250 g/mol. The minimum atomic E-state index is -1.22. The van der Waals surface area contributed by atoms with Crippen molar-refractivity contribution in [2.24, 2.45) is 0 Å². The highest BCUT2D eigenvalue weighted by Crippen LogP contribution is 2.13. The first-order chi connectivity index (χ1) is 8.66. The Morgan fingerprint density at radius 3 is 3.06 bits per heavy atom. The first kappa shape index (κ1) is 12.0. The van der Waals surface area contributed by atoms with E-state index < -0.39 is 11.8 Å². The summed E-state index contributed by atoms with van der Waals surface area (Å²) >= 11 is 0. The molecule has 7 heteroatoms. The second kappa shape index (κ2) is 5.26. The maximum atomic E-state index is 12.9. The van der Waals surface area contributed by atoms with Crippen LogP contribution in [0.5, 0.6) is 0 Å². The number of pyridine rings is 1. The molecule has 0 atom stereocenters. The molecule has 2 heterocycles. The third kappa shape index (κ3) is 2.82. The molecule has 0 radical (unpaired) electrons. The van der Waals surface area contributed by atoms with Gasteiger partial charge in [-0.15, -0.1) is 0 Å².